The number of hydrogen-bond donors (Lipinski definition) is 2. The first kappa shape index (κ1) is 24.9. The van der Waals surface area contributed by atoms with Gasteiger partial charge in [0.1, 0.15) is 0 Å². The Morgan fingerprint density at radius 3 is 2.18 bits per heavy atom. The molecule has 0 aliphatic heterocycles. The summed E-state index contributed by atoms with van der Waals surface area (Å²) in [5, 5.41) is 7.08. The topological polar surface area (TPSA) is 41.1 Å². The third-order valence-electron chi connectivity index (χ3n) is 5.36. The lowest BCUT2D eigenvalue weighted by molar-refractivity contribution is 0.591. The molecular weight excluding hydrogens is 444 g/mol. The maximum Gasteiger partial charge on any atom is 0.174 e. The Hall–Kier alpha value is -2.76. The Morgan fingerprint density at radius 2 is 1.58 bits per heavy atom. The number of nitrogens with one attached hydrogen (secondary N) is 2. The van der Waals surface area contributed by atoms with Crippen LogP contribution in [0.25, 0.3) is 4.91 Å². The molecule has 2 N–H and O–H groups in total. The van der Waals surface area contributed by atoms with Crippen LogP contribution in [0, 0.1) is 0 Å². The van der Waals surface area contributed by atoms with Crippen LogP contribution >= 0.6 is 12.2 Å². The van der Waals surface area contributed by atoms with Gasteiger partial charge < -0.3 is 10.6 Å². The van der Waals surface area contributed by atoms with Crippen LogP contribution in [0.5, 0.6) is 0 Å². The van der Waals surface area contributed by atoms with Crippen molar-refractivity contribution in [2.75, 3.05) is 5.32 Å². The SMILES string of the molecule is CCc1cccc(C(C)(C)C)c1NC(=S)N/C=C(/c1ccccc1)[S@@](=O)Cc1ccccc1. The van der Waals surface area contributed by atoms with Crippen molar-refractivity contribution in [3.63, 3.8) is 0 Å². The second kappa shape index (κ2) is 11.4. The molecule has 3 aromatic carbocycles. The third kappa shape index (κ3) is 6.86. The number of rotatable bonds is 7. The average molecular weight is 477 g/mol. The lowest BCUT2D eigenvalue weighted by atomic mass is 9.84. The summed E-state index contributed by atoms with van der Waals surface area (Å²) in [6, 6.07) is 26.1. The predicted octanol–water partition coefficient (Wildman–Crippen LogP) is 6.78. The van der Waals surface area contributed by atoms with E-state index in [1.165, 1.54) is 11.1 Å². The molecule has 0 fully saturated rings. The van der Waals surface area contributed by atoms with Crippen LogP contribution in [0.15, 0.2) is 85.1 Å². The molecule has 0 amide bonds. The van der Waals surface area contributed by atoms with Gasteiger partial charge in [0.15, 0.2) is 5.11 Å². The molecule has 3 nitrogen and oxygen atoms in total. The summed E-state index contributed by atoms with van der Waals surface area (Å²) in [6.45, 7) is 8.74. The van der Waals surface area contributed by atoms with Gasteiger partial charge in [-0.15, -0.1) is 0 Å². The molecule has 0 aliphatic rings. The van der Waals surface area contributed by atoms with E-state index < -0.39 is 10.8 Å². The van der Waals surface area contributed by atoms with Gasteiger partial charge in [0.2, 0.25) is 0 Å². The van der Waals surface area contributed by atoms with Crippen LogP contribution in [-0.2, 0) is 28.4 Å². The van der Waals surface area contributed by atoms with E-state index in [-0.39, 0.29) is 5.41 Å². The fourth-order valence-electron chi connectivity index (χ4n) is 3.63. The first-order chi connectivity index (χ1) is 15.8. The summed E-state index contributed by atoms with van der Waals surface area (Å²) in [6.07, 6.45) is 2.68. The number of benzene rings is 3. The molecule has 3 aromatic rings. The van der Waals surface area contributed by atoms with Gasteiger partial charge in [-0.2, -0.15) is 0 Å². The van der Waals surface area contributed by atoms with E-state index in [9.17, 15) is 4.21 Å². The number of para-hydroxylation sites is 1. The molecule has 0 bridgehead atoms. The van der Waals surface area contributed by atoms with E-state index in [2.05, 4.69) is 56.5 Å². The van der Waals surface area contributed by atoms with Crippen molar-refractivity contribution < 1.29 is 4.21 Å². The molecule has 3 rings (SSSR count). The number of aryl methyl sites for hydroxylation is 1. The van der Waals surface area contributed by atoms with Gasteiger partial charge >= 0.3 is 0 Å². The number of thiocarbonyl (C=S) groups is 1. The first-order valence-electron chi connectivity index (χ1n) is 11.2. The minimum atomic E-state index is -1.24. The smallest absolute Gasteiger partial charge is 0.174 e. The molecule has 0 saturated heterocycles. The van der Waals surface area contributed by atoms with Crippen LogP contribution in [0.1, 0.15) is 49.9 Å². The summed E-state index contributed by atoms with van der Waals surface area (Å²) in [7, 11) is -1.24. The standard InChI is InChI=1S/C28H32N2OS2/c1-5-22-17-12-18-24(28(2,3)4)26(22)30-27(32)29-19-25(23-15-10-7-11-16-23)33(31)20-21-13-8-6-9-14-21/h6-19H,5,20H2,1-4H3,(H2,29,30,32)/b25-19-/t33-/m0/s1. The van der Waals surface area contributed by atoms with E-state index in [1.807, 2.05) is 60.7 Å². The Balaban J connectivity index is 1.85. The Kier molecular flexibility index (Phi) is 8.59. The Bertz CT molecular complexity index is 1130. The highest BCUT2D eigenvalue weighted by Gasteiger charge is 2.20. The highest BCUT2D eigenvalue weighted by Crippen LogP contribution is 2.32. The molecule has 1 atom stereocenters. The zero-order valence-electron chi connectivity index (χ0n) is 19.7. The molecular formula is C28H32N2OS2. The van der Waals surface area contributed by atoms with E-state index in [4.69, 9.17) is 12.2 Å². The summed E-state index contributed by atoms with van der Waals surface area (Å²) < 4.78 is 13.3. The van der Waals surface area contributed by atoms with Crippen LogP contribution < -0.4 is 10.6 Å². The van der Waals surface area contributed by atoms with Gasteiger partial charge in [0.05, 0.1) is 21.5 Å². The van der Waals surface area contributed by atoms with Crippen molar-refractivity contribution in [3.8, 4) is 0 Å². The summed E-state index contributed by atoms with van der Waals surface area (Å²) in [5.41, 5.74) is 5.39. The molecule has 5 heteroatoms. The highest BCUT2D eigenvalue weighted by molar-refractivity contribution is 7.93. The molecule has 0 aliphatic carbocycles. The maximum atomic E-state index is 13.3. The summed E-state index contributed by atoms with van der Waals surface area (Å²) in [4.78, 5) is 0.712. The van der Waals surface area contributed by atoms with Gasteiger partial charge in [-0.25, -0.2) is 0 Å². The van der Waals surface area contributed by atoms with Gasteiger partial charge in [0.25, 0.3) is 0 Å². The Morgan fingerprint density at radius 1 is 0.939 bits per heavy atom. The zero-order valence-corrected chi connectivity index (χ0v) is 21.4. The minimum absolute atomic E-state index is 0.0225. The molecule has 0 spiro atoms. The molecule has 0 radical (unpaired) electrons. The van der Waals surface area contributed by atoms with Crippen LogP contribution in [-0.4, -0.2) is 9.32 Å². The second-order valence-corrected chi connectivity index (χ2v) is 10.7. The zero-order chi connectivity index (χ0) is 23.8. The molecule has 0 aromatic heterocycles. The largest absolute Gasteiger partial charge is 0.338 e. The summed E-state index contributed by atoms with van der Waals surface area (Å²) in [5.74, 6) is 0.441. The maximum absolute atomic E-state index is 13.3. The van der Waals surface area contributed by atoms with Crippen LogP contribution in [0.2, 0.25) is 0 Å². The van der Waals surface area contributed by atoms with E-state index >= 15 is 0 Å². The Labute approximate surface area is 205 Å². The average Bonchev–Trinajstić information content (AvgIpc) is 2.80. The van der Waals surface area contributed by atoms with Crippen LogP contribution in [0.3, 0.4) is 0 Å². The summed E-state index contributed by atoms with van der Waals surface area (Å²) >= 11 is 5.64. The molecule has 0 unspecified atom stereocenters. The van der Waals surface area contributed by atoms with E-state index in [0.29, 0.717) is 15.8 Å². The molecule has 0 saturated carbocycles. The fourth-order valence-corrected chi connectivity index (χ4v) is 5.04. The van der Waals surface area contributed by atoms with Gasteiger partial charge in [-0.3, -0.25) is 4.21 Å². The highest BCUT2D eigenvalue weighted by atomic mass is 32.2. The number of anilines is 1. The molecule has 0 heterocycles. The van der Waals surface area contributed by atoms with Crippen molar-refractivity contribution in [1.82, 2.24) is 5.32 Å². The molecule has 172 valence electrons. The van der Waals surface area contributed by atoms with Crippen molar-refractivity contribution in [3.05, 3.63) is 107 Å². The third-order valence-corrected chi connectivity index (χ3v) is 7.02. The molecule has 33 heavy (non-hydrogen) atoms. The monoisotopic (exact) mass is 476 g/mol. The van der Waals surface area contributed by atoms with Crippen molar-refractivity contribution in [1.29, 1.82) is 0 Å². The predicted molar refractivity (Wildman–Crippen MR) is 147 cm³/mol. The van der Waals surface area contributed by atoms with Gasteiger partial charge in [-0.1, -0.05) is 107 Å². The fraction of sp³-hybridized carbons (Fsp3) is 0.250. The minimum Gasteiger partial charge on any atom is -0.338 e. The first-order valence-corrected chi connectivity index (χ1v) is 12.9. The number of hydrogen-bond acceptors (Lipinski definition) is 2. The van der Waals surface area contributed by atoms with E-state index in [0.717, 1.165) is 23.2 Å². The van der Waals surface area contributed by atoms with Crippen molar-refractivity contribution in [2.24, 2.45) is 0 Å². The second-order valence-electron chi connectivity index (χ2n) is 8.89. The lowest BCUT2D eigenvalue weighted by Gasteiger charge is -2.25. The quantitative estimate of drug-likeness (QED) is 0.369. The van der Waals surface area contributed by atoms with Crippen LogP contribution in [0.4, 0.5) is 5.69 Å². The van der Waals surface area contributed by atoms with Gasteiger partial charge in [0, 0.05) is 11.9 Å². The van der Waals surface area contributed by atoms with Crippen molar-refractivity contribution in [2.45, 2.75) is 45.3 Å². The van der Waals surface area contributed by atoms with E-state index in [1.54, 1.807) is 6.20 Å². The van der Waals surface area contributed by atoms with Crippen molar-refractivity contribution >= 4 is 38.7 Å². The van der Waals surface area contributed by atoms with Gasteiger partial charge in [-0.05, 0) is 46.3 Å². The lowest BCUT2D eigenvalue weighted by Crippen LogP contribution is -2.27. The normalized spacial score (nSPS) is 12.8.